The molecule has 1 aliphatic carbocycles. The number of fused-ring (bicyclic) bond motifs is 1. The second-order valence-electron chi connectivity index (χ2n) is 7.93. The molecule has 0 bridgehead atoms. The lowest BCUT2D eigenvalue weighted by atomic mass is 9.91. The Kier molecular flexibility index (Phi) is 5.36. The molecule has 2 aromatic rings. The molecule has 6 heteroatoms. The van der Waals surface area contributed by atoms with Gasteiger partial charge >= 0.3 is 0 Å². The number of nitrogens with zero attached hydrogens (tertiary/aromatic N) is 6. The highest BCUT2D eigenvalue weighted by Crippen LogP contribution is 2.32. The summed E-state index contributed by atoms with van der Waals surface area (Å²) in [4.78, 5) is 21.3. The molecule has 0 saturated carbocycles. The molecule has 27 heavy (non-hydrogen) atoms. The maximum absolute atomic E-state index is 4.72. The van der Waals surface area contributed by atoms with Crippen LogP contribution in [-0.4, -0.2) is 65.0 Å². The van der Waals surface area contributed by atoms with E-state index in [2.05, 4.69) is 47.0 Å². The summed E-state index contributed by atoms with van der Waals surface area (Å²) in [5.41, 5.74) is 3.75. The van der Waals surface area contributed by atoms with E-state index in [-0.39, 0.29) is 0 Å². The Morgan fingerprint density at radius 1 is 1.19 bits per heavy atom. The zero-order valence-electron chi connectivity index (χ0n) is 16.7. The maximum Gasteiger partial charge on any atom is 0.132 e. The summed E-state index contributed by atoms with van der Waals surface area (Å²) in [6.07, 6.45) is 5.46. The summed E-state index contributed by atoms with van der Waals surface area (Å²) >= 11 is 0. The van der Waals surface area contributed by atoms with Crippen molar-refractivity contribution in [3.8, 4) is 0 Å². The van der Waals surface area contributed by atoms with Gasteiger partial charge in [0, 0.05) is 45.0 Å². The van der Waals surface area contributed by atoms with Crippen LogP contribution in [0, 0.1) is 6.92 Å². The number of anilines is 1. The predicted octanol–water partition coefficient (Wildman–Crippen LogP) is 2.44. The predicted molar refractivity (Wildman–Crippen MR) is 108 cm³/mol. The van der Waals surface area contributed by atoms with Crippen LogP contribution in [0.4, 0.5) is 5.82 Å². The van der Waals surface area contributed by atoms with E-state index < -0.39 is 0 Å². The molecule has 1 aliphatic heterocycles. The largest absolute Gasteiger partial charge is 0.354 e. The van der Waals surface area contributed by atoms with Gasteiger partial charge in [0.05, 0.1) is 17.4 Å². The van der Waals surface area contributed by atoms with Crippen LogP contribution in [0.15, 0.2) is 24.4 Å². The molecule has 1 atom stereocenters. The lowest BCUT2D eigenvalue weighted by Gasteiger charge is -2.34. The van der Waals surface area contributed by atoms with E-state index >= 15 is 0 Å². The van der Waals surface area contributed by atoms with E-state index in [1.54, 1.807) is 0 Å². The first-order valence-corrected chi connectivity index (χ1v) is 10.0. The fraction of sp³-hybridized carbons (Fsp3) is 0.571. The summed E-state index contributed by atoms with van der Waals surface area (Å²) in [7, 11) is 4.38. The minimum Gasteiger partial charge on any atom is -0.354 e. The van der Waals surface area contributed by atoms with Gasteiger partial charge in [-0.05, 0) is 51.9 Å². The third-order valence-corrected chi connectivity index (χ3v) is 5.81. The lowest BCUT2D eigenvalue weighted by molar-refractivity contribution is 0.206. The number of piperazine rings is 1. The third kappa shape index (κ3) is 4.12. The molecule has 1 fully saturated rings. The van der Waals surface area contributed by atoms with Crippen LogP contribution < -0.4 is 4.90 Å². The van der Waals surface area contributed by atoms with Crippen molar-refractivity contribution in [3.05, 3.63) is 47.2 Å². The van der Waals surface area contributed by atoms with Crippen molar-refractivity contribution in [3.63, 3.8) is 0 Å². The van der Waals surface area contributed by atoms with Gasteiger partial charge in [0.25, 0.3) is 0 Å². The molecule has 0 aromatic carbocycles. The van der Waals surface area contributed by atoms with Crippen LogP contribution in [0.3, 0.4) is 0 Å². The van der Waals surface area contributed by atoms with E-state index in [4.69, 9.17) is 15.0 Å². The van der Waals surface area contributed by atoms with Gasteiger partial charge in [-0.1, -0.05) is 6.07 Å². The quantitative estimate of drug-likeness (QED) is 0.828. The van der Waals surface area contributed by atoms with E-state index in [1.165, 1.54) is 17.7 Å². The SMILES string of the molecule is Cc1nc(CN(C)[C@H]2CCCc3cccnc32)cc(N2CCN(C)CC2)n1. The molecule has 0 spiro atoms. The van der Waals surface area contributed by atoms with Gasteiger partial charge in [0.2, 0.25) is 0 Å². The molecular formula is C21H30N6. The smallest absolute Gasteiger partial charge is 0.132 e. The van der Waals surface area contributed by atoms with Crippen molar-refractivity contribution in [1.29, 1.82) is 0 Å². The van der Waals surface area contributed by atoms with Crippen LogP contribution in [0.2, 0.25) is 0 Å². The number of rotatable bonds is 4. The van der Waals surface area contributed by atoms with Crippen molar-refractivity contribution in [2.75, 3.05) is 45.2 Å². The van der Waals surface area contributed by atoms with Gasteiger partial charge in [0.15, 0.2) is 0 Å². The first-order chi connectivity index (χ1) is 13.1. The zero-order chi connectivity index (χ0) is 18.8. The monoisotopic (exact) mass is 366 g/mol. The molecule has 0 amide bonds. The topological polar surface area (TPSA) is 48.4 Å². The number of hydrogen-bond acceptors (Lipinski definition) is 6. The van der Waals surface area contributed by atoms with Crippen LogP contribution in [0.5, 0.6) is 0 Å². The normalized spacial score (nSPS) is 20.7. The standard InChI is InChI=1S/C21H30N6/c1-16-23-18(14-20(24-16)27-12-10-25(2)11-13-27)15-26(3)19-8-4-6-17-7-5-9-22-21(17)19/h5,7,9,14,19H,4,6,8,10-13,15H2,1-3H3/t19-/m0/s1. The first-order valence-electron chi connectivity index (χ1n) is 10.0. The molecule has 2 aromatic heterocycles. The average molecular weight is 367 g/mol. The molecule has 0 radical (unpaired) electrons. The molecule has 0 unspecified atom stereocenters. The number of hydrogen-bond donors (Lipinski definition) is 0. The van der Waals surface area contributed by atoms with Crippen LogP contribution in [0.1, 0.15) is 41.7 Å². The molecule has 0 N–H and O–H groups in total. The number of pyridine rings is 1. The number of likely N-dealkylation sites (N-methyl/N-ethyl adjacent to an activating group) is 1. The van der Waals surface area contributed by atoms with Crippen molar-refractivity contribution in [1.82, 2.24) is 24.8 Å². The Labute approximate surface area is 162 Å². The van der Waals surface area contributed by atoms with Crippen molar-refractivity contribution in [2.45, 2.75) is 38.8 Å². The van der Waals surface area contributed by atoms with E-state index in [0.717, 1.165) is 62.9 Å². The van der Waals surface area contributed by atoms with E-state index in [0.29, 0.717) is 6.04 Å². The minimum absolute atomic E-state index is 0.373. The van der Waals surface area contributed by atoms with Gasteiger partial charge in [-0.3, -0.25) is 9.88 Å². The number of aryl methyl sites for hydroxylation is 2. The van der Waals surface area contributed by atoms with Crippen molar-refractivity contribution in [2.24, 2.45) is 0 Å². The van der Waals surface area contributed by atoms with E-state index in [1.807, 2.05) is 13.1 Å². The van der Waals surface area contributed by atoms with Crippen LogP contribution >= 0.6 is 0 Å². The molecule has 2 aliphatic rings. The molecular weight excluding hydrogens is 336 g/mol. The summed E-state index contributed by atoms with van der Waals surface area (Å²) in [6, 6.07) is 6.83. The van der Waals surface area contributed by atoms with Gasteiger partial charge < -0.3 is 9.80 Å². The third-order valence-electron chi connectivity index (χ3n) is 5.81. The Morgan fingerprint density at radius 3 is 2.81 bits per heavy atom. The first kappa shape index (κ1) is 18.3. The van der Waals surface area contributed by atoms with Crippen LogP contribution in [0.25, 0.3) is 0 Å². The summed E-state index contributed by atoms with van der Waals surface area (Å²) in [5.74, 6) is 1.93. The zero-order valence-corrected chi connectivity index (χ0v) is 16.7. The Balaban J connectivity index is 1.51. The van der Waals surface area contributed by atoms with Gasteiger partial charge in [-0.15, -0.1) is 0 Å². The van der Waals surface area contributed by atoms with Crippen molar-refractivity contribution < 1.29 is 0 Å². The summed E-state index contributed by atoms with van der Waals surface area (Å²) in [5, 5.41) is 0. The minimum atomic E-state index is 0.373. The second kappa shape index (κ2) is 7.90. The highest BCUT2D eigenvalue weighted by Gasteiger charge is 2.25. The van der Waals surface area contributed by atoms with Crippen molar-refractivity contribution >= 4 is 5.82 Å². The highest BCUT2D eigenvalue weighted by atomic mass is 15.3. The maximum atomic E-state index is 4.72. The Bertz CT molecular complexity index is 784. The van der Waals surface area contributed by atoms with Gasteiger partial charge in [-0.2, -0.15) is 0 Å². The summed E-state index contributed by atoms with van der Waals surface area (Å²) in [6.45, 7) is 7.06. The van der Waals surface area contributed by atoms with Gasteiger partial charge in [-0.25, -0.2) is 9.97 Å². The Morgan fingerprint density at radius 2 is 2.00 bits per heavy atom. The van der Waals surface area contributed by atoms with Gasteiger partial charge in [0.1, 0.15) is 11.6 Å². The van der Waals surface area contributed by atoms with E-state index in [9.17, 15) is 0 Å². The summed E-state index contributed by atoms with van der Waals surface area (Å²) < 4.78 is 0. The molecule has 4 rings (SSSR count). The molecule has 3 heterocycles. The molecule has 144 valence electrons. The fourth-order valence-electron chi connectivity index (χ4n) is 4.27. The lowest BCUT2D eigenvalue weighted by Crippen LogP contribution is -2.45. The average Bonchev–Trinajstić information content (AvgIpc) is 2.67. The molecule has 1 saturated heterocycles. The Hall–Kier alpha value is -2.05. The number of aromatic nitrogens is 3. The highest BCUT2D eigenvalue weighted by molar-refractivity contribution is 5.40. The van der Waals surface area contributed by atoms with Crippen LogP contribution in [-0.2, 0) is 13.0 Å². The fourth-order valence-corrected chi connectivity index (χ4v) is 4.27. The second-order valence-corrected chi connectivity index (χ2v) is 7.93. The molecule has 6 nitrogen and oxygen atoms in total.